The Balaban J connectivity index is 1.65. The van der Waals surface area contributed by atoms with Crippen LogP contribution in [0.15, 0.2) is 54.6 Å². The number of nitrogens with one attached hydrogen (secondary N) is 1. The van der Waals surface area contributed by atoms with Crippen LogP contribution < -0.4 is 5.32 Å². The molecule has 0 aliphatic heterocycles. The van der Waals surface area contributed by atoms with Crippen LogP contribution >= 0.6 is 0 Å². The predicted molar refractivity (Wildman–Crippen MR) is 94.2 cm³/mol. The third-order valence-corrected chi connectivity index (χ3v) is 3.63. The van der Waals surface area contributed by atoms with Gasteiger partial charge in [0, 0.05) is 6.54 Å². The Bertz CT molecular complexity index is 663. The average Bonchev–Trinajstić information content (AvgIpc) is 2.57. The van der Waals surface area contributed by atoms with Gasteiger partial charge in [-0.2, -0.15) is 0 Å². The normalized spacial score (nSPS) is 10.7. The molecule has 0 radical (unpaired) electrons. The van der Waals surface area contributed by atoms with Crippen LogP contribution in [0.1, 0.15) is 28.7 Å². The number of amides is 1. The smallest absolute Gasteiger partial charge is 0.407 e. The fraction of sp³-hybridized carbons (Fsp3) is 0.250. The lowest BCUT2D eigenvalue weighted by atomic mass is 10.1. The number of carbonyl (C=O) groups excluding carboxylic acids is 1. The summed E-state index contributed by atoms with van der Waals surface area (Å²) in [5, 5.41) is 2.75. The summed E-state index contributed by atoms with van der Waals surface area (Å²) in [6.07, 6.45) is 4.52. The van der Waals surface area contributed by atoms with E-state index in [1.165, 1.54) is 16.7 Å². The third kappa shape index (κ3) is 5.99. The molecule has 23 heavy (non-hydrogen) atoms. The highest BCUT2D eigenvalue weighted by Gasteiger charge is 2.00. The lowest BCUT2D eigenvalue weighted by Crippen LogP contribution is -2.24. The number of carbonyl (C=O) groups is 1. The molecule has 0 saturated carbocycles. The van der Waals surface area contributed by atoms with Crippen LogP contribution in [-0.4, -0.2) is 12.6 Å². The molecular formula is C20H23NO2. The molecule has 0 saturated heterocycles. The number of alkyl carbamates (subject to hydrolysis) is 1. The van der Waals surface area contributed by atoms with E-state index in [9.17, 15) is 4.79 Å². The van der Waals surface area contributed by atoms with Crippen molar-refractivity contribution in [3.8, 4) is 0 Å². The third-order valence-electron chi connectivity index (χ3n) is 3.63. The van der Waals surface area contributed by atoms with Crippen molar-refractivity contribution in [3.63, 3.8) is 0 Å². The van der Waals surface area contributed by atoms with Crippen LogP contribution in [-0.2, 0) is 11.3 Å². The topological polar surface area (TPSA) is 38.3 Å². The Morgan fingerprint density at radius 2 is 1.87 bits per heavy atom. The molecule has 0 spiro atoms. The Labute approximate surface area is 138 Å². The van der Waals surface area contributed by atoms with Crippen molar-refractivity contribution in [1.82, 2.24) is 5.32 Å². The van der Waals surface area contributed by atoms with Gasteiger partial charge in [-0.1, -0.05) is 60.7 Å². The van der Waals surface area contributed by atoms with Gasteiger partial charge >= 0.3 is 6.09 Å². The van der Waals surface area contributed by atoms with Crippen LogP contribution in [0.2, 0.25) is 0 Å². The van der Waals surface area contributed by atoms with Gasteiger partial charge in [0.25, 0.3) is 0 Å². The van der Waals surface area contributed by atoms with Crippen molar-refractivity contribution in [3.05, 3.63) is 76.9 Å². The van der Waals surface area contributed by atoms with Gasteiger partial charge in [-0.25, -0.2) is 4.79 Å². The van der Waals surface area contributed by atoms with Gasteiger partial charge in [0.05, 0.1) is 0 Å². The van der Waals surface area contributed by atoms with Crippen molar-refractivity contribution in [2.75, 3.05) is 6.54 Å². The predicted octanol–water partition coefficient (Wildman–Crippen LogP) is 4.63. The Morgan fingerprint density at radius 3 is 2.61 bits per heavy atom. The lowest BCUT2D eigenvalue weighted by molar-refractivity contribution is 0.140. The molecule has 120 valence electrons. The van der Waals surface area contributed by atoms with Crippen LogP contribution in [0.3, 0.4) is 0 Å². The van der Waals surface area contributed by atoms with E-state index in [0.717, 1.165) is 12.0 Å². The summed E-state index contributed by atoms with van der Waals surface area (Å²) < 4.78 is 5.15. The summed E-state index contributed by atoms with van der Waals surface area (Å²) in [5.74, 6) is 0. The van der Waals surface area contributed by atoms with Crippen molar-refractivity contribution in [2.24, 2.45) is 0 Å². The lowest BCUT2D eigenvalue weighted by Gasteiger charge is -2.06. The largest absolute Gasteiger partial charge is 0.445 e. The second kappa shape index (κ2) is 8.79. The second-order valence-corrected chi connectivity index (χ2v) is 5.52. The van der Waals surface area contributed by atoms with Crippen LogP contribution in [0.4, 0.5) is 4.79 Å². The first kappa shape index (κ1) is 16.8. The molecule has 3 nitrogen and oxygen atoms in total. The number of hydrogen-bond acceptors (Lipinski definition) is 2. The number of hydrogen-bond donors (Lipinski definition) is 1. The molecule has 0 aliphatic carbocycles. The molecule has 0 aromatic heterocycles. The first-order valence-corrected chi connectivity index (χ1v) is 7.83. The Kier molecular flexibility index (Phi) is 6.42. The minimum Gasteiger partial charge on any atom is -0.445 e. The van der Waals surface area contributed by atoms with E-state index in [1.807, 2.05) is 30.3 Å². The summed E-state index contributed by atoms with van der Waals surface area (Å²) >= 11 is 0. The molecule has 0 unspecified atom stereocenters. The van der Waals surface area contributed by atoms with E-state index in [0.29, 0.717) is 13.2 Å². The zero-order valence-corrected chi connectivity index (χ0v) is 13.7. The standard InChI is InChI=1S/C20H23NO2/c1-16-11-12-18(14-17(16)2)8-6-7-13-21-20(22)23-15-19-9-4-3-5-10-19/h3-6,8-12,14H,7,13,15H2,1-2H3,(H,21,22). The number of benzene rings is 2. The van der Waals surface area contributed by atoms with Gasteiger partial charge < -0.3 is 10.1 Å². The summed E-state index contributed by atoms with van der Waals surface area (Å²) in [4.78, 5) is 11.6. The summed E-state index contributed by atoms with van der Waals surface area (Å²) in [7, 11) is 0. The maximum atomic E-state index is 11.6. The summed E-state index contributed by atoms with van der Waals surface area (Å²) in [6.45, 7) is 5.07. The molecule has 1 N–H and O–H groups in total. The van der Waals surface area contributed by atoms with Crippen molar-refractivity contribution >= 4 is 12.2 Å². The number of rotatable bonds is 6. The quantitative estimate of drug-likeness (QED) is 0.790. The van der Waals surface area contributed by atoms with Gasteiger partial charge in [-0.05, 0) is 42.5 Å². The fourth-order valence-corrected chi connectivity index (χ4v) is 2.12. The van der Waals surface area contributed by atoms with Gasteiger partial charge in [0.2, 0.25) is 0 Å². The average molecular weight is 309 g/mol. The molecule has 3 heteroatoms. The Morgan fingerprint density at radius 1 is 1.09 bits per heavy atom. The minimum atomic E-state index is -0.381. The maximum Gasteiger partial charge on any atom is 0.407 e. The SMILES string of the molecule is Cc1ccc(C=CCCNC(=O)OCc2ccccc2)cc1C. The molecule has 1 amide bonds. The summed E-state index contributed by atoms with van der Waals surface area (Å²) in [5.41, 5.74) is 4.75. The molecule has 0 atom stereocenters. The number of aryl methyl sites for hydroxylation is 2. The summed E-state index contributed by atoms with van der Waals surface area (Å²) in [6, 6.07) is 16.0. The molecule has 2 aromatic rings. The minimum absolute atomic E-state index is 0.297. The van der Waals surface area contributed by atoms with E-state index in [2.05, 4.69) is 49.5 Å². The zero-order chi connectivity index (χ0) is 16.5. The molecule has 2 aromatic carbocycles. The highest BCUT2D eigenvalue weighted by atomic mass is 16.5. The highest BCUT2D eigenvalue weighted by Crippen LogP contribution is 2.11. The fourth-order valence-electron chi connectivity index (χ4n) is 2.12. The molecular weight excluding hydrogens is 286 g/mol. The van der Waals surface area contributed by atoms with Crippen molar-refractivity contribution in [2.45, 2.75) is 26.9 Å². The Hall–Kier alpha value is -2.55. The van der Waals surface area contributed by atoms with Crippen molar-refractivity contribution < 1.29 is 9.53 Å². The van der Waals surface area contributed by atoms with Gasteiger partial charge in [0.15, 0.2) is 0 Å². The maximum absolute atomic E-state index is 11.6. The van der Waals surface area contributed by atoms with Gasteiger partial charge in [-0.3, -0.25) is 0 Å². The van der Waals surface area contributed by atoms with Crippen LogP contribution in [0.25, 0.3) is 6.08 Å². The second-order valence-electron chi connectivity index (χ2n) is 5.52. The first-order valence-electron chi connectivity index (χ1n) is 7.83. The highest BCUT2D eigenvalue weighted by molar-refractivity contribution is 5.67. The van der Waals surface area contributed by atoms with Gasteiger partial charge in [0.1, 0.15) is 6.61 Å². The molecule has 2 rings (SSSR count). The van der Waals surface area contributed by atoms with E-state index in [1.54, 1.807) is 0 Å². The first-order chi connectivity index (χ1) is 11.1. The molecule has 0 heterocycles. The van der Waals surface area contributed by atoms with E-state index >= 15 is 0 Å². The van der Waals surface area contributed by atoms with Crippen LogP contribution in [0.5, 0.6) is 0 Å². The van der Waals surface area contributed by atoms with Crippen LogP contribution in [0, 0.1) is 13.8 Å². The monoisotopic (exact) mass is 309 g/mol. The van der Waals surface area contributed by atoms with Crippen molar-refractivity contribution in [1.29, 1.82) is 0 Å². The van der Waals surface area contributed by atoms with E-state index < -0.39 is 0 Å². The van der Waals surface area contributed by atoms with Gasteiger partial charge in [-0.15, -0.1) is 0 Å². The molecule has 0 fully saturated rings. The number of ether oxygens (including phenoxy) is 1. The molecule has 0 aliphatic rings. The molecule has 0 bridgehead atoms. The zero-order valence-electron chi connectivity index (χ0n) is 13.7. The van der Waals surface area contributed by atoms with E-state index in [-0.39, 0.29) is 6.09 Å². The van der Waals surface area contributed by atoms with E-state index in [4.69, 9.17) is 4.74 Å².